The number of methoxy groups -OCH3 is 1. The molecular formula is C40H64N2O5. The molecule has 5 saturated carbocycles. The minimum absolute atomic E-state index is 0.00605. The van der Waals surface area contributed by atoms with E-state index in [4.69, 9.17) is 9.47 Å². The van der Waals surface area contributed by atoms with Crippen molar-refractivity contribution < 1.29 is 23.9 Å². The van der Waals surface area contributed by atoms with E-state index in [9.17, 15) is 14.4 Å². The Hall–Kier alpha value is -2.05. The second-order valence-electron chi connectivity index (χ2n) is 19.7. The van der Waals surface area contributed by atoms with Gasteiger partial charge in [0.25, 0.3) is 0 Å². The highest BCUT2D eigenvalue weighted by Gasteiger charge is 2.72. The number of Topliss-reactive ketones (excluding diaryl/α,β-unsaturated/α-hetero) is 1. The molecule has 0 saturated heterocycles. The molecule has 0 heterocycles. The van der Waals surface area contributed by atoms with E-state index >= 15 is 0 Å². The number of ketones is 1. The SMILES string of the molecule is COC(=O)N(C1CCC(C)(C)[C@@H]2CC[C@]3(C)[C@H](CC[C@@H]4C5=C(C(C)C)C(=O)C[C@]5(C)CC[C@]43C)[C@@]12C)C1(NC(=O)OC(C)(C)C)CC1. The van der Waals surface area contributed by atoms with Crippen molar-refractivity contribution in [2.24, 2.45) is 50.7 Å². The number of carbonyl (C=O) groups is 3. The summed E-state index contributed by atoms with van der Waals surface area (Å²) in [6, 6.07) is -0.0671. The zero-order valence-electron chi connectivity index (χ0n) is 31.7. The van der Waals surface area contributed by atoms with Crippen molar-refractivity contribution in [2.75, 3.05) is 7.11 Å². The van der Waals surface area contributed by atoms with Gasteiger partial charge in [0.1, 0.15) is 11.3 Å². The van der Waals surface area contributed by atoms with Crippen molar-refractivity contribution >= 4 is 18.0 Å². The van der Waals surface area contributed by atoms with Crippen LogP contribution in [0.2, 0.25) is 0 Å². The Morgan fingerprint density at radius 3 is 2.09 bits per heavy atom. The molecule has 8 atom stereocenters. The minimum Gasteiger partial charge on any atom is -0.453 e. The fourth-order valence-corrected chi connectivity index (χ4v) is 13.0. The second kappa shape index (κ2) is 10.7. The fourth-order valence-electron chi connectivity index (χ4n) is 13.0. The summed E-state index contributed by atoms with van der Waals surface area (Å²) in [5.74, 6) is 1.89. The van der Waals surface area contributed by atoms with Crippen molar-refractivity contribution in [3.05, 3.63) is 11.1 Å². The summed E-state index contributed by atoms with van der Waals surface area (Å²) in [5, 5.41) is 3.18. The molecule has 0 bridgehead atoms. The summed E-state index contributed by atoms with van der Waals surface area (Å²) < 4.78 is 11.3. The van der Waals surface area contributed by atoms with Crippen LogP contribution < -0.4 is 5.32 Å². The van der Waals surface area contributed by atoms with E-state index in [1.165, 1.54) is 19.1 Å². The van der Waals surface area contributed by atoms with Crippen molar-refractivity contribution in [1.82, 2.24) is 10.2 Å². The Kier molecular flexibility index (Phi) is 7.94. The zero-order chi connectivity index (χ0) is 34.8. The number of allylic oxidation sites excluding steroid dienone is 2. The second-order valence-corrected chi connectivity index (χ2v) is 19.7. The number of ether oxygens (including phenoxy) is 2. The largest absolute Gasteiger partial charge is 0.453 e. The van der Waals surface area contributed by atoms with Crippen LogP contribution in [0, 0.1) is 50.7 Å². The standard InChI is InChI=1S/C40H64N2O5/c1-24(2)30-26(43)23-36(8)19-20-37(9)25(31(30)36)13-14-28-38(37,10)18-15-27-35(6,7)17-16-29(39(27,28)11)42(33(45)46-12)40(21-22-40)41-32(44)47-34(3,4)5/h24-25,27-29H,13-23H2,1-12H3,(H,41,44)/t25-,27+,28+,29?,36+,37-,38-,39+/m1/s1. The first kappa shape index (κ1) is 34.8. The van der Waals surface area contributed by atoms with E-state index in [2.05, 4.69) is 60.7 Å². The first-order chi connectivity index (χ1) is 21.6. The number of alkyl carbamates (subject to hydrolysis) is 1. The molecule has 1 unspecified atom stereocenters. The topological polar surface area (TPSA) is 84.9 Å². The lowest BCUT2D eigenvalue weighted by molar-refractivity contribution is -0.233. The van der Waals surface area contributed by atoms with Crippen LogP contribution in [-0.2, 0) is 14.3 Å². The number of nitrogens with zero attached hydrogens (tertiary/aromatic N) is 1. The lowest BCUT2D eigenvalue weighted by Gasteiger charge is -2.73. The normalized spacial score (nSPS) is 41.7. The first-order valence-corrected chi connectivity index (χ1v) is 18.8. The van der Waals surface area contributed by atoms with Gasteiger partial charge in [-0.25, -0.2) is 9.59 Å². The van der Waals surface area contributed by atoms with Crippen LogP contribution in [0.25, 0.3) is 0 Å². The molecule has 264 valence electrons. The van der Waals surface area contributed by atoms with E-state index in [0.29, 0.717) is 42.8 Å². The predicted octanol–water partition coefficient (Wildman–Crippen LogP) is 9.44. The third-order valence-corrected chi connectivity index (χ3v) is 15.3. The van der Waals surface area contributed by atoms with Gasteiger partial charge in [0, 0.05) is 12.5 Å². The van der Waals surface area contributed by atoms with Gasteiger partial charge in [0.2, 0.25) is 0 Å². The smallest absolute Gasteiger partial charge is 0.411 e. The molecule has 2 amide bonds. The zero-order valence-corrected chi connectivity index (χ0v) is 31.7. The molecule has 0 aromatic carbocycles. The number of nitrogens with one attached hydrogen (secondary N) is 1. The number of hydrogen-bond donors (Lipinski definition) is 1. The number of amides is 2. The molecule has 6 aliphatic rings. The Balaban J connectivity index is 1.44. The summed E-state index contributed by atoms with van der Waals surface area (Å²) >= 11 is 0. The Bertz CT molecular complexity index is 1370. The molecule has 0 aromatic heterocycles. The summed E-state index contributed by atoms with van der Waals surface area (Å²) in [5.41, 5.74) is 1.29. The Morgan fingerprint density at radius 1 is 0.851 bits per heavy atom. The van der Waals surface area contributed by atoms with Gasteiger partial charge < -0.3 is 9.47 Å². The van der Waals surface area contributed by atoms with E-state index in [0.717, 1.165) is 50.5 Å². The maximum absolute atomic E-state index is 14.0. The predicted molar refractivity (Wildman–Crippen MR) is 184 cm³/mol. The van der Waals surface area contributed by atoms with Gasteiger partial charge >= 0.3 is 12.2 Å². The molecule has 7 heteroatoms. The van der Waals surface area contributed by atoms with E-state index in [-0.39, 0.29) is 45.1 Å². The fraction of sp³-hybridized carbons (Fsp3) is 0.875. The van der Waals surface area contributed by atoms with Crippen molar-refractivity contribution in [3.8, 4) is 0 Å². The molecule has 0 radical (unpaired) electrons. The highest BCUT2D eigenvalue weighted by molar-refractivity contribution is 6.00. The molecule has 1 N–H and O–H groups in total. The maximum Gasteiger partial charge on any atom is 0.411 e. The third kappa shape index (κ3) is 4.95. The van der Waals surface area contributed by atoms with Gasteiger partial charge in [0.05, 0.1) is 7.11 Å². The molecule has 6 aliphatic carbocycles. The maximum atomic E-state index is 14.0. The van der Waals surface area contributed by atoms with Gasteiger partial charge in [-0.1, -0.05) is 61.0 Å². The lowest BCUT2D eigenvalue weighted by atomic mass is 9.32. The van der Waals surface area contributed by atoms with Crippen LogP contribution in [-0.4, -0.2) is 47.3 Å². The lowest BCUT2D eigenvalue weighted by Crippen LogP contribution is -2.72. The molecule has 6 rings (SSSR count). The van der Waals surface area contributed by atoms with Gasteiger partial charge in [-0.15, -0.1) is 0 Å². The van der Waals surface area contributed by atoms with Crippen LogP contribution in [0.1, 0.15) is 147 Å². The number of fused-ring (bicyclic) bond motifs is 7. The summed E-state index contributed by atoms with van der Waals surface area (Å²) in [6.07, 6.45) is 9.88. The molecule has 47 heavy (non-hydrogen) atoms. The van der Waals surface area contributed by atoms with Crippen LogP contribution in [0.3, 0.4) is 0 Å². The molecule has 7 nitrogen and oxygen atoms in total. The van der Waals surface area contributed by atoms with Crippen molar-refractivity contribution in [3.63, 3.8) is 0 Å². The molecule has 0 aliphatic heterocycles. The third-order valence-electron chi connectivity index (χ3n) is 15.3. The number of hydrogen-bond acceptors (Lipinski definition) is 5. The Morgan fingerprint density at radius 2 is 1.51 bits per heavy atom. The summed E-state index contributed by atoms with van der Waals surface area (Å²) in [4.78, 5) is 42.8. The van der Waals surface area contributed by atoms with E-state index < -0.39 is 17.4 Å². The van der Waals surface area contributed by atoms with Gasteiger partial charge in [-0.3, -0.25) is 15.0 Å². The highest BCUT2D eigenvalue weighted by atomic mass is 16.6. The highest BCUT2D eigenvalue weighted by Crippen LogP contribution is 2.77. The quantitative estimate of drug-likeness (QED) is 0.306. The first-order valence-electron chi connectivity index (χ1n) is 18.8. The number of carbonyl (C=O) groups excluding carboxylic acids is 3. The van der Waals surface area contributed by atoms with Crippen LogP contribution in [0.15, 0.2) is 11.1 Å². The van der Waals surface area contributed by atoms with Crippen molar-refractivity contribution in [1.29, 1.82) is 0 Å². The summed E-state index contributed by atoms with van der Waals surface area (Å²) in [6.45, 7) is 25.0. The molecule has 0 aromatic rings. The number of rotatable bonds is 4. The monoisotopic (exact) mass is 652 g/mol. The molecular weight excluding hydrogens is 588 g/mol. The Labute approximate surface area is 284 Å². The van der Waals surface area contributed by atoms with E-state index in [1.54, 1.807) is 0 Å². The van der Waals surface area contributed by atoms with Gasteiger partial charge in [-0.05, 0) is 141 Å². The van der Waals surface area contributed by atoms with Gasteiger partial charge in [-0.2, -0.15) is 0 Å². The molecule has 5 fully saturated rings. The summed E-state index contributed by atoms with van der Waals surface area (Å²) in [7, 11) is 1.48. The average Bonchev–Trinajstić information content (AvgIpc) is 3.64. The van der Waals surface area contributed by atoms with E-state index in [1.807, 2.05) is 25.7 Å². The van der Waals surface area contributed by atoms with Crippen molar-refractivity contribution in [2.45, 2.75) is 164 Å². The van der Waals surface area contributed by atoms with Crippen LogP contribution in [0.5, 0.6) is 0 Å². The van der Waals surface area contributed by atoms with Crippen LogP contribution >= 0.6 is 0 Å². The van der Waals surface area contributed by atoms with Gasteiger partial charge in [0.15, 0.2) is 5.78 Å². The average molecular weight is 653 g/mol. The molecule has 0 spiro atoms. The minimum atomic E-state index is -0.794. The van der Waals surface area contributed by atoms with Crippen LogP contribution in [0.4, 0.5) is 9.59 Å².